The lowest BCUT2D eigenvalue weighted by molar-refractivity contribution is -0.134. The zero-order valence-corrected chi connectivity index (χ0v) is 13.2. The van der Waals surface area contributed by atoms with Gasteiger partial charge < -0.3 is 19.5 Å². The molecule has 0 unspecified atom stereocenters. The van der Waals surface area contributed by atoms with E-state index < -0.39 is 17.9 Å². The van der Waals surface area contributed by atoms with Gasteiger partial charge in [0, 0.05) is 20.4 Å². The second-order valence-electron chi connectivity index (χ2n) is 4.55. The highest BCUT2D eigenvalue weighted by Gasteiger charge is 2.14. The molecule has 0 aliphatic heterocycles. The summed E-state index contributed by atoms with van der Waals surface area (Å²) in [5.74, 6) is -1.57. The van der Waals surface area contributed by atoms with Crippen molar-refractivity contribution in [2.75, 3.05) is 27.2 Å². The summed E-state index contributed by atoms with van der Waals surface area (Å²) in [6.07, 6.45) is 0. The average Bonchev–Trinajstić information content (AvgIpc) is 2.37. The smallest absolute Gasteiger partial charge is 0.341 e. The minimum absolute atomic E-state index is 0.222. The Morgan fingerprint density at radius 3 is 2.18 bits per heavy atom. The monoisotopic (exact) mass is 311 g/mol. The molecular formula is C15H21NO6. The minimum atomic E-state index is -0.833. The summed E-state index contributed by atoms with van der Waals surface area (Å²) in [5.41, 5.74) is 0.256. The van der Waals surface area contributed by atoms with Crippen LogP contribution in [-0.4, -0.2) is 55.2 Å². The fourth-order valence-corrected chi connectivity index (χ4v) is 1.28. The van der Waals surface area contributed by atoms with Gasteiger partial charge in [0.05, 0.1) is 0 Å². The first-order valence-electron chi connectivity index (χ1n) is 6.53. The van der Waals surface area contributed by atoms with Crippen molar-refractivity contribution in [3.8, 4) is 5.75 Å². The third-order valence-electron chi connectivity index (χ3n) is 2.13. The summed E-state index contributed by atoms with van der Waals surface area (Å²) in [5, 5.41) is 7.42. The van der Waals surface area contributed by atoms with E-state index in [0.717, 1.165) is 6.92 Å². The summed E-state index contributed by atoms with van der Waals surface area (Å²) in [4.78, 5) is 33.6. The van der Waals surface area contributed by atoms with Crippen LogP contribution in [0.3, 0.4) is 0 Å². The van der Waals surface area contributed by atoms with E-state index in [1.807, 2.05) is 19.0 Å². The maximum atomic E-state index is 11.8. The van der Waals surface area contributed by atoms with Gasteiger partial charge in [-0.15, -0.1) is 0 Å². The molecule has 0 saturated carbocycles. The molecule has 0 spiro atoms. The Balaban J connectivity index is 0.000000980. The molecule has 0 aliphatic carbocycles. The number of hydrogen-bond donors (Lipinski definition) is 1. The van der Waals surface area contributed by atoms with Crippen LogP contribution in [0, 0.1) is 0 Å². The Kier molecular flexibility index (Phi) is 9.20. The predicted octanol–water partition coefficient (Wildman–Crippen LogP) is 1.42. The van der Waals surface area contributed by atoms with E-state index >= 15 is 0 Å². The summed E-state index contributed by atoms with van der Waals surface area (Å²) < 4.78 is 10.0. The Hall–Kier alpha value is -2.41. The minimum Gasteiger partial charge on any atom is -0.481 e. The zero-order chi connectivity index (χ0) is 17.1. The Bertz CT molecular complexity index is 509. The molecule has 7 nitrogen and oxygen atoms in total. The van der Waals surface area contributed by atoms with Gasteiger partial charge in [0.2, 0.25) is 0 Å². The maximum Gasteiger partial charge on any atom is 0.341 e. The van der Waals surface area contributed by atoms with Crippen molar-refractivity contribution in [2.45, 2.75) is 13.8 Å². The quantitative estimate of drug-likeness (QED) is 0.649. The average molecular weight is 311 g/mol. The van der Waals surface area contributed by atoms with Crippen molar-refractivity contribution in [3.63, 3.8) is 0 Å². The number of carbonyl (C=O) groups is 3. The van der Waals surface area contributed by atoms with Gasteiger partial charge in [-0.3, -0.25) is 9.59 Å². The molecular weight excluding hydrogens is 290 g/mol. The third-order valence-corrected chi connectivity index (χ3v) is 2.13. The molecule has 0 atom stereocenters. The van der Waals surface area contributed by atoms with E-state index in [4.69, 9.17) is 19.4 Å². The summed E-state index contributed by atoms with van der Waals surface area (Å²) >= 11 is 0. The van der Waals surface area contributed by atoms with Gasteiger partial charge in [-0.2, -0.15) is 0 Å². The fraction of sp³-hybridized carbons (Fsp3) is 0.400. The molecule has 0 heterocycles. The van der Waals surface area contributed by atoms with E-state index in [2.05, 4.69) is 0 Å². The van der Waals surface area contributed by atoms with Gasteiger partial charge in [-0.25, -0.2) is 4.79 Å². The number of benzene rings is 1. The van der Waals surface area contributed by atoms with E-state index in [9.17, 15) is 9.59 Å². The summed E-state index contributed by atoms with van der Waals surface area (Å²) in [6.45, 7) is 3.30. The van der Waals surface area contributed by atoms with Crippen LogP contribution in [0.15, 0.2) is 24.3 Å². The predicted molar refractivity (Wildman–Crippen MR) is 79.9 cm³/mol. The van der Waals surface area contributed by atoms with Crippen molar-refractivity contribution in [3.05, 3.63) is 29.8 Å². The number of carboxylic acids is 1. The molecule has 1 rings (SSSR count). The van der Waals surface area contributed by atoms with Gasteiger partial charge >= 0.3 is 11.9 Å². The first kappa shape index (κ1) is 19.6. The van der Waals surface area contributed by atoms with Crippen LogP contribution in [0.2, 0.25) is 0 Å². The Labute approximate surface area is 129 Å². The summed E-state index contributed by atoms with van der Waals surface area (Å²) in [7, 11) is 3.78. The van der Waals surface area contributed by atoms with Crippen LogP contribution < -0.4 is 4.74 Å². The van der Waals surface area contributed by atoms with Crippen molar-refractivity contribution >= 4 is 17.9 Å². The van der Waals surface area contributed by atoms with Gasteiger partial charge in [0.15, 0.2) is 0 Å². The van der Waals surface area contributed by atoms with Crippen LogP contribution in [-0.2, 0) is 14.3 Å². The van der Waals surface area contributed by atoms with Crippen molar-refractivity contribution < 1.29 is 29.0 Å². The molecule has 22 heavy (non-hydrogen) atoms. The lowest BCUT2D eigenvalue weighted by Crippen LogP contribution is -2.20. The highest BCUT2D eigenvalue weighted by atomic mass is 16.5. The van der Waals surface area contributed by atoms with Gasteiger partial charge in [0.1, 0.15) is 17.9 Å². The summed E-state index contributed by atoms with van der Waals surface area (Å²) in [6, 6.07) is 6.50. The highest BCUT2D eigenvalue weighted by Crippen LogP contribution is 2.19. The maximum absolute atomic E-state index is 11.8. The van der Waals surface area contributed by atoms with Crippen LogP contribution in [0.5, 0.6) is 5.75 Å². The molecule has 0 bridgehead atoms. The molecule has 0 amide bonds. The van der Waals surface area contributed by atoms with E-state index in [-0.39, 0.29) is 11.3 Å². The van der Waals surface area contributed by atoms with Crippen molar-refractivity contribution in [1.29, 1.82) is 0 Å². The molecule has 1 N–H and O–H groups in total. The molecule has 0 radical (unpaired) electrons. The molecule has 0 fully saturated rings. The fourth-order valence-electron chi connectivity index (χ4n) is 1.28. The third kappa shape index (κ3) is 9.49. The normalized spacial score (nSPS) is 9.50. The lowest BCUT2D eigenvalue weighted by atomic mass is 10.2. The standard InChI is InChI=1S/C13H17NO4.C2H4O2/c1-10(15)18-12-7-5-4-6-11(12)13(16)17-9-8-14(2)3;1-2(3)4/h4-7H,8-9H2,1-3H3;1H3,(H,3,4). The van der Waals surface area contributed by atoms with E-state index in [1.54, 1.807) is 24.3 Å². The van der Waals surface area contributed by atoms with Crippen molar-refractivity contribution in [2.24, 2.45) is 0 Å². The number of carbonyl (C=O) groups excluding carboxylic acids is 2. The molecule has 7 heteroatoms. The van der Waals surface area contributed by atoms with Crippen LogP contribution in [0.4, 0.5) is 0 Å². The Morgan fingerprint density at radius 2 is 1.68 bits per heavy atom. The van der Waals surface area contributed by atoms with Gasteiger partial charge in [0.25, 0.3) is 5.97 Å². The Morgan fingerprint density at radius 1 is 1.14 bits per heavy atom. The SMILES string of the molecule is CC(=O)O.CC(=O)Oc1ccccc1C(=O)OCCN(C)C. The molecule has 122 valence electrons. The number of aliphatic carboxylic acids is 1. The van der Waals surface area contributed by atoms with Crippen LogP contribution in [0.25, 0.3) is 0 Å². The molecule has 1 aromatic rings. The second-order valence-corrected chi connectivity index (χ2v) is 4.55. The number of nitrogens with zero attached hydrogens (tertiary/aromatic N) is 1. The lowest BCUT2D eigenvalue weighted by Gasteiger charge is -2.11. The number of ether oxygens (including phenoxy) is 2. The molecule has 0 saturated heterocycles. The number of carboxylic acid groups (broad SMARTS) is 1. The molecule has 1 aromatic carbocycles. The number of rotatable bonds is 5. The number of hydrogen-bond acceptors (Lipinski definition) is 6. The number of likely N-dealkylation sites (N-methyl/N-ethyl adjacent to an activating group) is 1. The zero-order valence-electron chi connectivity index (χ0n) is 13.2. The number of para-hydroxylation sites is 1. The van der Waals surface area contributed by atoms with Crippen molar-refractivity contribution in [1.82, 2.24) is 4.90 Å². The van der Waals surface area contributed by atoms with Crippen LogP contribution >= 0.6 is 0 Å². The topological polar surface area (TPSA) is 93.1 Å². The van der Waals surface area contributed by atoms with Crippen LogP contribution in [0.1, 0.15) is 24.2 Å². The molecule has 0 aromatic heterocycles. The van der Waals surface area contributed by atoms with Gasteiger partial charge in [-0.1, -0.05) is 12.1 Å². The number of esters is 2. The first-order valence-corrected chi connectivity index (χ1v) is 6.53. The van der Waals surface area contributed by atoms with E-state index in [1.165, 1.54) is 6.92 Å². The largest absolute Gasteiger partial charge is 0.481 e. The van der Waals surface area contributed by atoms with Gasteiger partial charge in [-0.05, 0) is 26.2 Å². The highest BCUT2D eigenvalue weighted by molar-refractivity contribution is 5.93. The molecule has 0 aliphatic rings. The second kappa shape index (κ2) is 10.3. The first-order chi connectivity index (χ1) is 10.2. The van der Waals surface area contributed by atoms with E-state index in [0.29, 0.717) is 13.2 Å².